The van der Waals surface area contributed by atoms with Crippen molar-refractivity contribution in [3.8, 4) is 0 Å². The Morgan fingerprint density at radius 1 is 1.38 bits per heavy atom. The van der Waals surface area contributed by atoms with Crippen molar-refractivity contribution in [1.82, 2.24) is 4.90 Å². The highest BCUT2D eigenvalue weighted by Gasteiger charge is 2.40. The first-order valence-corrected chi connectivity index (χ1v) is 7.26. The molecule has 0 aliphatic carbocycles. The summed E-state index contributed by atoms with van der Waals surface area (Å²) >= 11 is 0. The molecule has 1 saturated heterocycles. The van der Waals surface area contributed by atoms with E-state index in [1.807, 2.05) is 37.3 Å². The van der Waals surface area contributed by atoms with Crippen molar-refractivity contribution >= 4 is 11.9 Å². The third-order valence-corrected chi connectivity index (χ3v) is 4.02. The number of amides is 1. The van der Waals surface area contributed by atoms with Crippen LogP contribution in [-0.2, 0) is 14.3 Å². The Labute approximate surface area is 124 Å². The van der Waals surface area contributed by atoms with Gasteiger partial charge in [0.05, 0.1) is 5.92 Å². The van der Waals surface area contributed by atoms with Crippen LogP contribution >= 0.6 is 0 Å². The predicted octanol–water partition coefficient (Wildman–Crippen LogP) is 2.09. The van der Waals surface area contributed by atoms with E-state index in [4.69, 9.17) is 4.74 Å². The maximum Gasteiger partial charge on any atom is 0.308 e. The molecule has 5 heteroatoms. The third-order valence-electron chi connectivity index (χ3n) is 4.02. The Kier molecular flexibility index (Phi) is 4.96. The van der Waals surface area contributed by atoms with Gasteiger partial charge in [-0.3, -0.25) is 9.59 Å². The van der Waals surface area contributed by atoms with Crippen molar-refractivity contribution < 1.29 is 19.4 Å². The average molecular weight is 291 g/mol. The molecule has 0 saturated carbocycles. The molecule has 0 radical (unpaired) electrons. The van der Waals surface area contributed by atoms with Crippen LogP contribution < -0.4 is 0 Å². The molecule has 2 rings (SSSR count). The maximum absolute atomic E-state index is 12.7. The molecule has 5 nitrogen and oxygen atoms in total. The van der Waals surface area contributed by atoms with E-state index in [1.54, 1.807) is 11.8 Å². The van der Waals surface area contributed by atoms with Gasteiger partial charge in [0.2, 0.25) is 0 Å². The van der Waals surface area contributed by atoms with Crippen LogP contribution in [0.3, 0.4) is 0 Å². The summed E-state index contributed by atoms with van der Waals surface area (Å²) in [6.07, 6.45) is -0.165. The lowest BCUT2D eigenvalue weighted by molar-refractivity contribution is -0.147. The molecular weight excluding hydrogens is 270 g/mol. The Hall–Kier alpha value is -1.88. The average Bonchev–Trinajstić information content (AvgIpc) is 2.87. The van der Waals surface area contributed by atoms with Crippen LogP contribution in [0, 0.1) is 5.92 Å². The van der Waals surface area contributed by atoms with Crippen molar-refractivity contribution in [3.63, 3.8) is 0 Å². The zero-order chi connectivity index (χ0) is 15.4. The minimum atomic E-state index is -0.842. The van der Waals surface area contributed by atoms with Crippen molar-refractivity contribution in [2.75, 3.05) is 13.2 Å². The van der Waals surface area contributed by atoms with Gasteiger partial charge < -0.3 is 14.7 Å². The fourth-order valence-electron chi connectivity index (χ4n) is 2.84. The highest BCUT2D eigenvalue weighted by molar-refractivity contribution is 5.84. The molecule has 3 atom stereocenters. The number of hydrogen-bond donors (Lipinski definition) is 1. The molecule has 0 spiro atoms. The molecule has 1 N–H and O–H groups in total. The van der Waals surface area contributed by atoms with Crippen molar-refractivity contribution in [3.05, 3.63) is 35.9 Å². The van der Waals surface area contributed by atoms with E-state index in [2.05, 4.69) is 0 Å². The summed E-state index contributed by atoms with van der Waals surface area (Å²) in [6.45, 7) is 4.53. The highest BCUT2D eigenvalue weighted by Crippen LogP contribution is 2.29. The van der Waals surface area contributed by atoms with Gasteiger partial charge in [0.25, 0.3) is 5.91 Å². The molecule has 1 fully saturated rings. The van der Waals surface area contributed by atoms with Crippen molar-refractivity contribution in [1.29, 1.82) is 0 Å². The fourth-order valence-corrected chi connectivity index (χ4v) is 2.84. The molecule has 21 heavy (non-hydrogen) atoms. The van der Waals surface area contributed by atoms with Crippen molar-refractivity contribution in [2.45, 2.75) is 32.4 Å². The molecule has 1 amide bonds. The number of carboxylic acids is 1. The molecule has 1 heterocycles. The summed E-state index contributed by atoms with van der Waals surface area (Å²) in [5, 5.41) is 9.17. The highest BCUT2D eigenvalue weighted by atomic mass is 16.5. The summed E-state index contributed by atoms with van der Waals surface area (Å²) in [4.78, 5) is 25.5. The van der Waals surface area contributed by atoms with Gasteiger partial charge in [0.1, 0.15) is 0 Å². The standard InChI is InChI=1S/C16H21NO4/c1-3-21-14(12-7-5-4-6-8-12)15(18)17-10-9-13(11(17)2)16(19)20/h4-8,11,13-14H,3,9-10H2,1-2H3,(H,19,20). The van der Waals surface area contributed by atoms with E-state index in [-0.39, 0.29) is 11.9 Å². The zero-order valence-electron chi connectivity index (χ0n) is 12.4. The van der Waals surface area contributed by atoms with E-state index in [1.165, 1.54) is 0 Å². The van der Waals surface area contributed by atoms with Gasteiger partial charge in [-0.25, -0.2) is 0 Å². The normalized spacial score (nSPS) is 23.0. The third kappa shape index (κ3) is 3.24. The molecule has 0 aromatic heterocycles. The number of nitrogens with zero attached hydrogens (tertiary/aromatic N) is 1. The summed E-state index contributed by atoms with van der Waals surface area (Å²) in [7, 11) is 0. The van der Waals surface area contributed by atoms with Gasteiger partial charge in [-0.05, 0) is 25.8 Å². The molecule has 3 unspecified atom stereocenters. The van der Waals surface area contributed by atoms with Gasteiger partial charge in [-0.1, -0.05) is 30.3 Å². The first-order valence-electron chi connectivity index (χ1n) is 7.26. The van der Waals surface area contributed by atoms with E-state index >= 15 is 0 Å². The number of likely N-dealkylation sites (tertiary alicyclic amines) is 1. The summed E-state index contributed by atoms with van der Waals surface area (Å²) in [5.74, 6) is -1.49. The van der Waals surface area contributed by atoms with Crippen LogP contribution in [-0.4, -0.2) is 41.1 Å². The summed E-state index contributed by atoms with van der Waals surface area (Å²) in [6, 6.07) is 9.02. The number of rotatable bonds is 5. The molecule has 1 aromatic carbocycles. The van der Waals surface area contributed by atoms with Gasteiger partial charge >= 0.3 is 5.97 Å². The molecule has 0 bridgehead atoms. The van der Waals surface area contributed by atoms with Crippen LogP contribution in [0.25, 0.3) is 0 Å². The molecule has 1 aliphatic rings. The van der Waals surface area contributed by atoms with E-state index in [0.29, 0.717) is 19.6 Å². The second-order valence-corrected chi connectivity index (χ2v) is 5.25. The maximum atomic E-state index is 12.7. The van der Waals surface area contributed by atoms with Gasteiger partial charge in [-0.2, -0.15) is 0 Å². The first-order chi connectivity index (χ1) is 10.1. The minimum absolute atomic E-state index is 0.153. The Balaban J connectivity index is 2.18. The Bertz CT molecular complexity index is 502. The lowest BCUT2D eigenvalue weighted by Crippen LogP contribution is -2.41. The Morgan fingerprint density at radius 2 is 2.05 bits per heavy atom. The lowest BCUT2D eigenvalue weighted by atomic mass is 10.0. The van der Waals surface area contributed by atoms with E-state index in [9.17, 15) is 14.7 Å². The van der Waals surface area contributed by atoms with Gasteiger partial charge in [-0.15, -0.1) is 0 Å². The second kappa shape index (κ2) is 6.72. The summed E-state index contributed by atoms with van der Waals surface area (Å²) < 4.78 is 5.61. The molecule has 1 aromatic rings. The van der Waals surface area contributed by atoms with Crippen LogP contribution in [0.4, 0.5) is 0 Å². The largest absolute Gasteiger partial charge is 0.481 e. The Morgan fingerprint density at radius 3 is 2.57 bits per heavy atom. The predicted molar refractivity (Wildman–Crippen MR) is 77.7 cm³/mol. The van der Waals surface area contributed by atoms with Crippen LogP contribution in [0.15, 0.2) is 30.3 Å². The first kappa shape index (κ1) is 15.5. The van der Waals surface area contributed by atoms with Crippen LogP contribution in [0.5, 0.6) is 0 Å². The lowest BCUT2D eigenvalue weighted by Gasteiger charge is -2.28. The number of ether oxygens (including phenoxy) is 1. The monoisotopic (exact) mass is 291 g/mol. The van der Waals surface area contributed by atoms with Crippen LogP contribution in [0.2, 0.25) is 0 Å². The fraction of sp³-hybridized carbons (Fsp3) is 0.500. The number of benzene rings is 1. The second-order valence-electron chi connectivity index (χ2n) is 5.25. The number of hydrogen-bond acceptors (Lipinski definition) is 3. The number of carboxylic acid groups (broad SMARTS) is 1. The molecule has 114 valence electrons. The van der Waals surface area contributed by atoms with E-state index in [0.717, 1.165) is 5.56 Å². The number of carbonyl (C=O) groups excluding carboxylic acids is 1. The number of aliphatic carboxylic acids is 1. The van der Waals surface area contributed by atoms with Gasteiger partial charge in [0.15, 0.2) is 6.10 Å². The molecule has 1 aliphatic heterocycles. The van der Waals surface area contributed by atoms with E-state index < -0.39 is 18.0 Å². The number of carbonyl (C=O) groups is 2. The van der Waals surface area contributed by atoms with Crippen molar-refractivity contribution in [2.24, 2.45) is 5.92 Å². The van der Waals surface area contributed by atoms with Crippen LogP contribution in [0.1, 0.15) is 31.9 Å². The SMILES string of the molecule is CCOC(C(=O)N1CCC(C(=O)O)C1C)c1ccccc1. The minimum Gasteiger partial charge on any atom is -0.481 e. The zero-order valence-corrected chi connectivity index (χ0v) is 12.4. The molecular formula is C16H21NO4. The topological polar surface area (TPSA) is 66.8 Å². The quantitative estimate of drug-likeness (QED) is 0.902. The van der Waals surface area contributed by atoms with Gasteiger partial charge in [0, 0.05) is 19.2 Å². The smallest absolute Gasteiger partial charge is 0.308 e. The summed E-state index contributed by atoms with van der Waals surface area (Å²) in [5.41, 5.74) is 0.801.